The van der Waals surface area contributed by atoms with E-state index >= 15 is 0 Å². The molecule has 4 aromatic carbocycles. The van der Waals surface area contributed by atoms with Crippen molar-refractivity contribution in [1.82, 2.24) is 0 Å². The average Bonchev–Trinajstić information content (AvgIpc) is 2.44. The topological polar surface area (TPSA) is 0 Å². The molecule has 0 saturated carbocycles. The van der Waals surface area contributed by atoms with Gasteiger partial charge in [-0.1, -0.05) is 48.5 Å². The van der Waals surface area contributed by atoms with Crippen molar-refractivity contribution in [3.8, 4) is 0 Å². The molecule has 0 aromatic heterocycles. The Morgan fingerprint density at radius 2 is 1.32 bits per heavy atom. The largest absolute Gasteiger partial charge is 0.264 e. The van der Waals surface area contributed by atoms with Crippen molar-refractivity contribution in [2.75, 3.05) is 0 Å². The summed E-state index contributed by atoms with van der Waals surface area (Å²) in [5, 5.41) is 5.70. The lowest BCUT2D eigenvalue weighted by Gasteiger charge is -2.13. The van der Waals surface area contributed by atoms with Gasteiger partial charge >= 0.3 is 0 Å². The molecule has 0 N–H and O–H groups in total. The molecular formula is C17H10F2. The monoisotopic (exact) mass is 252 g/mol. The van der Waals surface area contributed by atoms with Gasteiger partial charge in [-0.05, 0) is 38.4 Å². The lowest BCUT2D eigenvalue weighted by molar-refractivity contribution is 0.153. The van der Waals surface area contributed by atoms with E-state index in [0.29, 0.717) is 5.39 Å². The summed E-state index contributed by atoms with van der Waals surface area (Å²) in [7, 11) is 0. The van der Waals surface area contributed by atoms with E-state index in [4.69, 9.17) is 0 Å². The third-order valence-electron chi connectivity index (χ3n) is 3.78. The van der Waals surface area contributed by atoms with Crippen LogP contribution in [-0.2, 0) is 0 Å². The molecule has 0 unspecified atom stereocenters. The zero-order valence-corrected chi connectivity index (χ0v) is 10.0. The van der Waals surface area contributed by atoms with Crippen molar-refractivity contribution in [2.24, 2.45) is 0 Å². The molecule has 92 valence electrons. The zero-order valence-electron chi connectivity index (χ0n) is 10.0. The van der Waals surface area contributed by atoms with E-state index in [1.165, 1.54) is 0 Å². The first kappa shape index (κ1) is 10.7. The maximum absolute atomic E-state index is 13.3. The van der Waals surface area contributed by atoms with Gasteiger partial charge in [0.15, 0.2) is 0 Å². The number of benzene rings is 4. The van der Waals surface area contributed by atoms with Gasteiger partial charge in [-0.25, -0.2) is 8.78 Å². The van der Waals surface area contributed by atoms with E-state index in [-0.39, 0.29) is 5.56 Å². The van der Waals surface area contributed by atoms with Crippen LogP contribution in [0, 0.1) is 0 Å². The van der Waals surface area contributed by atoms with Gasteiger partial charge in [0.2, 0.25) is 0 Å². The number of rotatable bonds is 1. The second-order valence-electron chi connectivity index (χ2n) is 4.81. The Labute approximate surface area is 108 Å². The molecule has 0 amide bonds. The van der Waals surface area contributed by atoms with Gasteiger partial charge in [-0.15, -0.1) is 0 Å². The smallest absolute Gasteiger partial charge is 0.205 e. The quantitative estimate of drug-likeness (QED) is 0.391. The number of hydrogen-bond donors (Lipinski definition) is 0. The van der Waals surface area contributed by atoms with Crippen molar-refractivity contribution in [3.63, 3.8) is 0 Å². The van der Waals surface area contributed by atoms with Gasteiger partial charge < -0.3 is 0 Å². The van der Waals surface area contributed by atoms with E-state index in [1.807, 2.05) is 42.5 Å². The molecule has 0 saturated heterocycles. The SMILES string of the molecule is FC(F)c1cc2cccc3ccc4cccc1c4c32. The zero-order chi connectivity index (χ0) is 13.0. The highest BCUT2D eigenvalue weighted by molar-refractivity contribution is 6.23. The standard InChI is InChI=1S/C17H10F2/c18-17(19)14-9-12-5-1-3-10-7-8-11-4-2-6-13(14)16(11)15(10)12/h1-9,17H. The fourth-order valence-electron chi connectivity index (χ4n) is 2.97. The second-order valence-corrected chi connectivity index (χ2v) is 4.81. The van der Waals surface area contributed by atoms with Crippen LogP contribution in [0.15, 0.2) is 54.6 Å². The number of hydrogen-bond acceptors (Lipinski definition) is 0. The molecule has 4 aromatic rings. The van der Waals surface area contributed by atoms with E-state index in [9.17, 15) is 8.78 Å². The maximum Gasteiger partial charge on any atom is 0.264 e. The van der Waals surface area contributed by atoms with Crippen LogP contribution in [0.5, 0.6) is 0 Å². The fraction of sp³-hybridized carbons (Fsp3) is 0.0588. The summed E-state index contributed by atoms with van der Waals surface area (Å²) < 4.78 is 26.5. The van der Waals surface area contributed by atoms with Crippen molar-refractivity contribution >= 4 is 32.3 Å². The van der Waals surface area contributed by atoms with Crippen LogP contribution in [0.1, 0.15) is 12.0 Å². The van der Waals surface area contributed by atoms with Crippen LogP contribution < -0.4 is 0 Å². The number of halogens is 2. The first-order valence-electron chi connectivity index (χ1n) is 6.20. The van der Waals surface area contributed by atoms with E-state index < -0.39 is 6.43 Å². The molecular weight excluding hydrogens is 242 g/mol. The second kappa shape index (κ2) is 3.64. The highest BCUT2D eigenvalue weighted by atomic mass is 19.3. The molecule has 0 heterocycles. The minimum Gasteiger partial charge on any atom is -0.205 e. The summed E-state index contributed by atoms with van der Waals surface area (Å²) in [6.07, 6.45) is -2.45. The van der Waals surface area contributed by atoms with Gasteiger partial charge in [0, 0.05) is 5.56 Å². The van der Waals surface area contributed by atoms with Crippen LogP contribution in [0.25, 0.3) is 32.3 Å². The molecule has 0 radical (unpaired) electrons. The molecule has 0 aliphatic carbocycles. The molecule has 0 nitrogen and oxygen atoms in total. The molecule has 0 bridgehead atoms. The van der Waals surface area contributed by atoms with Gasteiger partial charge in [-0.2, -0.15) is 0 Å². The molecule has 0 aliphatic rings. The Balaban J connectivity index is 2.39. The van der Waals surface area contributed by atoms with Crippen molar-refractivity contribution < 1.29 is 8.78 Å². The van der Waals surface area contributed by atoms with Crippen molar-refractivity contribution in [1.29, 1.82) is 0 Å². The summed E-state index contributed by atoms with van der Waals surface area (Å²) in [4.78, 5) is 0. The highest BCUT2D eigenvalue weighted by Crippen LogP contribution is 2.39. The first-order chi connectivity index (χ1) is 9.25. The third kappa shape index (κ3) is 1.37. The van der Waals surface area contributed by atoms with Crippen LogP contribution in [0.3, 0.4) is 0 Å². The lowest BCUT2D eigenvalue weighted by Crippen LogP contribution is -1.91. The molecule has 0 atom stereocenters. The molecule has 2 heteroatoms. The predicted molar refractivity (Wildman–Crippen MR) is 75.1 cm³/mol. The first-order valence-corrected chi connectivity index (χ1v) is 6.20. The Bertz CT molecular complexity index is 893. The lowest BCUT2D eigenvalue weighted by atomic mass is 9.91. The van der Waals surface area contributed by atoms with Crippen LogP contribution in [-0.4, -0.2) is 0 Å². The fourth-order valence-corrected chi connectivity index (χ4v) is 2.97. The van der Waals surface area contributed by atoms with Crippen LogP contribution in [0.2, 0.25) is 0 Å². The highest BCUT2D eigenvalue weighted by Gasteiger charge is 2.16. The van der Waals surface area contributed by atoms with Crippen LogP contribution in [0.4, 0.5) is 8.78 Å². The Morgan fingerprint density at radius 3 is 2.05 bits per heavy atom. The summed E-state index contributed by atoms with van der Waals surface area (Å²) in [5.74, 6) is 0. The van der Waals surface area contributed by atoms with Crippen molar-refractivity contribution in [2.45, 2.75) is 6.43 Å². The summed E-state index contributed by atoms with van der Waals surface area (Å²) >= 11 is 0. The molecule has 4 rings (SSSR count). The minimum atomic E-state index is -2.45. The van der Waals surface area contributed by atoms with Gasteiger partial charge in [0.1, 0.15) is 0 Å². The van der Waals surface area contributed by atoms with E-state index in [2.05, 4.69) is 0 Å². The molecule has 0 fully saturated rings. The van der Waals surface area contributed by atoms with E-state index in [1.54, 1.807) is 12.1 Å². The molecule has 0 aliphatic heterocycles. The predicted octanol–water partition coefficient (Wildman–Crippen LogP) is 5.52. The van der Waals surface area contributed by atoms with Gasteiger partial charge in [0.25, 0.3) is 6.43 Å². The maximum atomic E-state index is 13.3. The Kier molecular flexibility index (Phi) is 2.05. The normalized spacial score (nSPS) is 12.2. The Morgan fingerprint density at radius 1 is 0.684 bits per heavy atom. The Hall–Kier alpha value is -2.22. The summed E-state index contributed by atoms with van der Waals surface area (Å²) in [5.41, 5.74) is 0.122. The van der Waals surface area contributed by atoms with Crippen LogP contribution >= 0.6 is 0 Å². The molecule has 19 heavy (non-hydrogen) atoms. The molecule has 0 spiro atoms. The third-order valence-corrected chi connectivity index (χ3v) is 3.78. The minimum absolute atomic E-state index is 0.122. The van der Waals surface area contributed by atoms with Gasteiger partial charge in [0.05, 0.1) is 0 Å². The summed E-state index contributed by atoms with van der Waals surface area (Å²) in [6, 6.07) is 17.1. The average molecular weight is 252 g/mol. The number of alkyl halides is 2. The van der Waals surface area contributed by atoms with Gasteiger partial charge in [-0.3, -0.25) is 0 Å². The summed E-state index contributed by atoms with van der Waals surface area (Å²) in [6.45, 7) is 0. The van der Waals surface area contributed by atoms with E-state index in [0.717, 1.165) is 26.9 Å². The van der Waals surface area contributed by atoms with Crippen molar-refractivity contribution in [3.05, 3.63) is 60.2 Å².